The lowest BCUT2D eigenvalue weighted by molar-refractivity contribution is -0.130. The van der Waals surface area contributed by atoms with E-state index < -0.39 is 5.82 Å². The molecule has 1 N–H and O–H groups in total. The fourth-order valence-corrected chi connectivity index (χ4v) is 3.37. The van der Waals surface area contributed by atoms with Crippen LogP contribution in [0.1, 0.15) is 33.2 Å². The Balaban J connectivity index is 1.53. The van der Waals surface area contributed by atoms with Gasteiger partial charge in [-0.15, -0.1) is 0 Å². The molecule has 3 rings (SSSR count). The molecule has 6 nitrogen and oxygen atoms in total. The summed E-state index contributed by atoms with van der Waals surface area (Å²) in [7, 11) is 0. The van der Waals surface area contributed by atoms with Gasteiger partial charge in [-0.25, -0.2) is 4.39 Å². The molecule has 2 amide bonds. The minimum atomic E-state index is -0.442. The Morgan fingerprint density at radius 3 is 2.34 bits per heavy atom. The van der Waals surface area contributed by atoms with E-state index in [1.165, 1.54) is 13.0 Å². The van der Waals surface area contributed by atoms with Gasteiger partial charge in [-0.2, -0.15) is 0 Å². The predicted molar refractivity (Wildman–Crippen MR) is 109 cm³/mol. The molecule has 1 aliphatic rings. The Bertz CT molecular complexity index is 937. The summed E-state index contributed by atoms with van der Waals surface area (Å²) in [5, 5.41) is 2.67. The summed E-state index contributed by atoms with van der Waals surface area (Å²) in [6.45, 7) is 5.01. The third kappa shape index (κ3) is 4.80. The van der Waals surface area contributed by atoms with Gasteiger partial charge in [0.2, 0.25) is 5.91 Å². The van der Waals surface area contributed by atoms with E-state index in [-0.39, 0.29) is 24.1 Å². The lowest BCUT2D eigenvalue weighted by Crippen LogP contribution is -2.51. The Hall–Kier alpha value is -3.22. The number of rotatable bonds is 5. The first-order valence-electron chi connectivity index (χ1n) is 9.54. The van der Waals surface area contributed by atoms with Gasteiger partial charge in [-0.1, -0.05) is 18.2 Å². The molecular formula is C22H24FN3O3. The van der Waals surface area contributed by atoms with Gasteiger partial charge in [0.05, 0.1) is 12.2 Å². The van der Waals surface area contributed by atoms with Gasteiger partial charge in [-0.3, -0.25) is 14.4 Å². The molecule has 1 fully saturated rings. The number of piperazine rings is 1. The van der Waals surface area contributed by atoms with E-state index in [0.717, 1.165) is 5.56 Å². The van der Waals surface area contributed by atoms with E-state index in [4.69, 9.17) is 0 Å². The minimum absolute atomic E-state index is 0.0746. The molecule has 0 aliphatic carbocycles. The number of amides is 2. The number of aryl methyl sites for hydroxylation is 1. The zero-order valence-electron chi connectivity index (χ0n) is 16.6. The highest BCUT2D eigenvalue weighted by Gasteiger charge is 2.23. The lowest BCUT2D eigenvalue weighted by atomic mass is 10.1. The Morgan fingerprint density at radius 2 is 1.72 bits per heavy atom. The third-order valence-corrected chi connectivity index (χ3v) is 5.12. The summed E-state index contributed by atoms with van der Waals surface area (Å²) in [5.41, 5.74) is 2.16. The number of carbonyl (C=O) groups is 3. The summed E-state index contributed by atoms with van der Waals surface area (Å²) < 4.78 is 14.3. The summed E-state index contributed by atoms with van der Waals surface area (Å²) in [4.78, 5) is 39.6. The molecule has 0 atom stereocenters. The van der Waals surface area contributed by atoms with Gasteiger partial charge in [0.1, 0.15) is 5.82 Å². The summed E-state index contributed by atoms with van der Waals surface area (Å²) >= 11 is 0. The van der Waals surface area contributed by atoms with E-state index in [9.17, 15) is 18.8 Å². The lowest BCUT2D eigenvalue weighted by Gasteiger charge is -2.36. The second-order valence-electron chi connectivity index (χ2n) is 7.09. The zero-order chi connectivity index (χ0) is 21.0. The van der Waals surface area contributed by atoms with Crippen LogP contribution in [-0.4, -0.2) is 55.2 Å². The van der Waals surface area contributed by atoms with Crippen molar-refractivity contribution in [2.24, 2.45) is 0 Å². The van der Waals surface area contributed by atoms with E-state index in [1.807, 2.05) is 24.0 Å². The molecule has 0 bridgehead atoms. The van der Waals surface area contributed by atoms with Crippen molar-refractivity contribution in [2.45, 2.75) is 13.8 Å². The van der Waals surface area contributed by atoms with Crippen LogP contribution >= 0.6 is 0 Å². The average Bonchev–Trinajstić information content (AvgIpc) is 2.72. The van der Waals surface area contributed by atoms with Crippen molar-refractivity contribution in [3.63, 3.8) is 0 Å². The molecule has 29 heavy (non-hydrogen) atoms. The number of carbonyl (C=O) groups excluding carboxylic acids is 3. The molecule has 0 aromatic heterocycles. The van der Waals surface area contributed by atoms with E-state index in [2.05, 4.69) is 5.32 Å². The number of ketones is 1. The highest BCUT2D eigenvalue weighted by molar-refractivity contribution is 5.97. The normalized spacial score (nSPS) is 13.9. The first-order chi connectivity index (χ1) is 13.9. The maximum atomic E-state index is 14.3. The molecule has 1 saturated heterocycles. The van der Waals surface area contributed by atoms with E-state index in [1.54, 1.807) is 29.2 Å². The predicted octanol–water partition coefficient (Wildman–Crippen LogP) is 2.42. The topological polar surface area (TPSA) is 69.7 Å². The molecule has 0 unspecified atom stereocenters. The monoisotopic (exact) mass is 397 g/mol. The first kappa shape index (κ1) is 20.5. The summed E-state index contributed by atoms with van der Waals surface area (Å²) in [5.74, 6) is -1.07. The highest BCUT2D eigenvalue weighted by atomic mass is 19.1. The zero-order valence-corrected chi connectivity index (χ0v) is 16.6. The number of halogens is 1. The van der Waals surface area contributed by atoms with Crippen molar-refractivity contribution in [3.05, 3.63) is 65.0 Å². The number of benzene rings is 2. The summed E-state index contributed by atoms with van der Waals surface area (Å²) in [6.07, 6.45) is 0. The largest absolute Gasteiger partial charge is 0.366 e. The fraction of sp³-hybridized carbons (Fsp3) is 0.318. The van der Waals surface area contributed by atoms with Crippen LogP contribution in [0.15, 0.2) is 42.5 Å². The van der Waals surface area contributed by atoms with Crippen molar-refractivity contribution in [3.8, 4) is 0 Å². The van der Waals surface area contributed by atoms with Gasteiger partial charge < -0.3 is 15.1 Å². The Morgan fingerprint density at radius 1 is 1.03 bits per heavy atom. The van der Waals surface area contributed by atoms with Crippen molar-refractivity contribution in [1.29, 1.82) is 0 Å². The molecule has 7 heteroatoms. The van der Waals surface area contributed by atoms with Crippen molar-refractivity contribution < 1.29 is 18.8 Å². The quantitative estimate of drug-likeness (QED) is 0.787. The van der Waals surface area contributed by atoms with Gasteiger partial charge in [0.25, 0.3) is 5.91 Å². The number of nitrogens with zero attached hydrogens (tertiary/aromatic N) is 2. The first-order valence-corrected chi connectivity index (χ1v) is 9.54. The van der Waals surface area contributed by atoms with Crippen LogP contribution in [0, 0.1) is 12.7 Å². The van der Waals surface area contributed by atoms with Crippen molar-refractivity contribution >= 4 is 23.3 Å². The molecular weight excluding hydrogens is 373 g/mol. The molecule has 0 spiro atoms. The van der Waals surface area contributed by atoms with Crippen LogP contribution in [0.5, 0.6) is 0 Å². The highest BCUT2D eigenvalue weighted by Crippen LogP contribution is 2.22. The number of nitrogens with one attached hydrogen (secondary N) is 1. The van der Waals surface area contributed by atoms with Crippen LogP contribution in [0.2, 0.25) is 0 Å². The van der Waals surface area contributed by atoms with Gasteiger partial charge in [0.15, 0.2) is 5.78 Å². The molecule has 1 heterocycles. The smallest absolute Gasteiger partial charge is 0.251 e. The molecule has 1 aliphatic heterocycles. The standard InChI is InChI=1S/C22H24FN3O3/c1-15-5-3-4-6-18(15)22(29)24-14-21(28)26-11-9-25(10-12-26)20-8-7-17(16(2)27)13-19(20)23/h3-8,13H,9-12,14H2,1-2H3,(H,24,29). The minimum Gasteiger partial charge on any atom is -0.366 e. The second kappa shape index (κ2) is 8.86. The van der Waals surface area contributed by atoms with Crippen LogP contribution in [0.25, 0.3) is 0 Å². The molecule has 152 valence electrons. The number of hydrogen-bond acceptors (Lipinski definition) is 4. The van der Waals surface area contributed by atoms with Crippen molar-refractivity contribution in [1.82, 2.24) is 10.2 Å². The molecule has 0 saturated carbocycles. The Labute approximate surface area is 169 Å². The van der Waals surface area contributed by atoms with E-state index >= 15 is 0 Å². The SMILES string of the molecule is CC(=O)c1ccc(N2CCN(C(=O)CNC(=O)c3ccccc3C)CC2)c(F)c1. The Kier molecular flexibility index (Phi) is 6.26. The summed E-state index contributed by atoms with van der Waals surface area (Å²) in [6, 6.07) is 11.7. The van der Waals surface area contributed by atoms with Gasteiger partial charge in [-0.05, 0) is 43.7 Å². The van der Waals surface area contributed by atoms with Gasteiger partial charge in [0, 0.05) is 37.3 Å². The third-order valence-electron chi connectivity index (χ3n) is 5.12. The maximum Gasteiger partial charge on any atom is 0.251 e. The maximum absolute atomic E-state index is 14.3. The molecule has 2 aromatic rings. The number of Topliss-reactive ketones (excluding diaryl/α,β-unsaturated/α-hetero) is 1. The van der Waals surface area contributed by atoms with Gasteiger partial charge >= 0.3 is 0 Å². The van der Waals surface area contributed by atoms with Crippen LogP contribution in [-0.2, 0) is 4.79 Å². The van der Waals surface area contributed by atoms with Crippen molar-refractivity contribution in [2.75, 3.05) is 37.6 Å². The number of hydrogen-bond donors (Lipinski definition) is 1. The number of anilines is 1. The fourth-order valence-electron chi connectivity index (χ4n) is 3.37. The van der Waals surface area contributed by atoms with E-state index in [0.29, 0.717) is 43.0 Å². The average molecular weight is 397 g/mol. The molecule has 2 aromatic carbocycles. The van der Waals surface area contributed by atoms with Crippen LogP contribution in [0.4, 0.5) is 10.1 Å². The second-order valence-corrected chi connectivity index (χ2v) is 7.09. The van der Waals surface area contributed by atoms with Crippen LogP contribution < -0.4 is 10.2 Å². The molecule has 0 radical (unpaired) electrons. The van der Waals surface area contributed by atoms with Crippen LogP contribution in [0.3, 0.4) is 0 Å².